The van der Waals surface area contributed by atoms with Crippen molar-refractivity contribution in [1.29, 1.82) is 0 Å². The van der Waals surface area contributed by atoms with Crippen molar-refractivity contribution in [3.05, 3.63) is 53.4 Å². The molecule has 0 amide bonds. The van der Waals surface area contributed by atoms with Gasteiger partial charge in [-0.2, -0.15) is 0 Å². The molecule has 0 spiro atoms. The number of aliphatic imine (C=N–C) groups is 1. The molecule has 158 valence electrons. The molecule has 0 bridgehead atoms. The van der Waals surface area contributed by atoms with E-state index in [4.69, 9.17) is 9.52 Å². The Morgan fingerprint density at radius 1 is 1.21 bits per heavy atom. The Morgan fingerprint density at radius 3 is 2.79 bits per heavy atom. The molecule has 1 saturated heterocycles. The summed E-state index contributed by atoms with van der Waals surface area (Å²) < 4.78 is 4.95. The van der Waals surface area contributed by atoms with Gasteiger partial charge in [0.05, 0.1) is 5.69 Å². The lowest BCUT2D eigenvalue weighted by Gasteiger charge is -2.36. The Labute approximate surface area is 190 Å². The maximum Gasteiger partial charge on any atom is 0.194 e. The zero-order chi connectivity index (χ0) is 19.2. The zero-order valence-electron chi connectivity index (χ0n) is 17.2. The summed E-state index contributed by atoms with van der Waals surface area (Å²) in [5, 5.41) is 7.53. The van der Waals surface area contributed by atoms with E-state index < -0.39 is 0 Å². The molecule has 1 aromatic carbocycles. The van der Waals surface area contributed by atoms with Crippen LogP contribution in [0, 0.1) is 0 Å². The van der Waals surface area contributed by atoms with Crippen molar-refractivity contribution < 1.29 is 4.52 Å². The van der Waals surface area contributed by atoms with E-state index in [1.807, 2.05) is 6.07 Å². The fraction of sp³-hybridized carbons (Fsp3) is 0.545. The number of fused-ring (bicyclic) bond motifs is 1. The van der Waals surface area contributed by atoms with Crippen LogP contribution in [-0.2, 0) is 13.0 Å². The number of hydrogen-bond acceptors (Lipinski definition) is 4. The van der Waals surface area contributed by atoms with E-state index in [1.165, 1.54) is 30.4 Å². The molecule has 29 heavy (non-hydrogen) atoms. The fourth-order valence-electron chi connectivity index (χ4n) is 4.33. The summed E-state index contributed by atoms with van der Waals surface area (Å²) >= 11 is 0. The lowest BCUT2D eigenvalue weighted by atomic mass is 9.83. The first kappa shape index (κ1) is 22.1. The average Bonchev–Trinajstić information content (AvgIpc) is 3.25. The minimum absolute atomic E-state index is 0. The first-order valence-electron chi connectivity index (χ1n) is 10.6. The summed E-state index contributed by atoms with van der Waals surface area (Å²) in [4.78, 5) is 9.87. The van der Waals surface area contributed by atoms with Crippen LogP contribution in [0.25, 0.3) is 0 Å². The zero-order valence-corrected chi connectivity index (χ0v) is 19.5. The topological polar surface area (TPSA) is 56.9 Å². The van der Waals surface area contributed by atoms with Crippen LogP contribution in [0.1, 0.15) is 42.5 Å². The van der Waals surface area contributed by atoms with E-state index >= 15 is 0 Å². The van der Waals surface area contributed by atoms with Gasteiger partial charge in [0.1, 0.15) is 6.26 Å². The summed E-state index contributed by atoms with van der Waals surface area (Å²) in [7, 11) is 0. The Hall–Kier alpha value is -1.61. The number of hydrogen-bond donors (Lipinski definition) is 1. The first-order valence-corrected chi connectivity index (χ1v) is 10.6. The third-order valence-electron chi connectivity index (χ3n) is 5.84. The van der Waals surface area contributed by atoms with Crippen LogP contribution in [0.15, 0.2) is 46.1 Å². The molecule has 7 heteroatoms. The standard InChI is InChI=1S/C22H31N5O.HI/c1-2-23-22(24-16-19-8-5-7-18-6-3-4-9-21(18)19)27-13-11-26(12-14-27)17-20-10-15-28-25-20;/h3-4,6,9-10,15,19H,2,5,7-8,11-14,16-17H2,1H3,(H,23,24);1H. The van der Waals surface area contributed by atoms with Gasteiger partial charge in [0.15, 0.2) is 5.96 Å². The van der Waals surface area contributed by atoms with Gasteiger partial charge in [-0.3, -0.25) is 9.89 Å². The van der Waals surface area contributed by atoms with Crippen molar-refractivity contribution in [3.63, 3.8) is 0 Å². The van der Waals surface area contributed by atoms with Crippen LogP contribution in [0.5, 0.6) is 0 Å². The largest absolute Gasteiger partial charge is 0.364 e. The molecule has 1 fully saturated rings. The number of nitrogens with one attached hydrogen (secondary N) is 1. The van der Waals surface area contributed by atoms with Crippen molar-refractivity contribution >= 4 is 29.9 Å². The van der Waals surface area contributed by atoms with Crippen molar-refractivity contribution in [2.45, 2.75) is 38.6 Å². The number of nitrogens with zero attached hydrogens (tertiary/aromatic N) is 4. The number of aryl methyl sites for hydroxylation is 1. The van der Waals surface area contributed by atoms with Crippen LogP contribution >= 0.6 is 24.0 Å². The Kier molecular flexibility index (Phi) is 8.35. The highest BCUT2D eigenvalue weighted by Gasteiger charge is 2.22. The third kappa shape index (κ3) is 5.72. The lowest BCUT2D eigenvalue weighted by molar-refractivity contribution is 0.169. The van der Waals surface area contributed by atoms with E-state index in [0.29, 0.717) is 5.92 Å². The van der Waals surface area contributed by atoms with Crippen molar-refractivity contribution in [2.75, 3.05) is 39.3 Å². The highest BCUT2D eigenvalue weighted by Crippen LogP contribution is 2.31. The monoisotopic (exact) mass is 509 g/mol. The van der Waals surface area contributed by atoms with E-state index in [0.717, 1.165) is 57.5 Å². The van der Waals surface area contributed by atoms with E-state index in [9.17, 15) is 0 Å². The number of benzene rings is 1. The van der Waals surface area contributed by atoms with E-state index in [1.54, 1.807) is 6.26 Å². The summed E-state index contributed by atoms with van der Waals surface area (Å²) in [6.45, 7) is 8.80. The molecular weight excluding hydrogens is 477 g/mol. The van der Waals surface area contributed by atoms with Crippen LogP contribution in [0.3, 0.4) is 0 Å². The Bertz CT molecular complexity index is 771. The molecule has 1 unspecified atom stereocenters. The Morgan fingerprint density at radius 2 is 2.03 bits per heavy atom. The van der Waals surface area contributed by atoms with Gasteiger partial charge in [-0.05, 0) is 37.3 Å². The minimum atomic E-state index is 0. The normalized spacial score (nSPS) is 20.1. The molecule has 2 aromatic rings. The number of rotatable bonds is 5. The minimum Gasteiger partial charge on any atom is -0.364 e. The first-order chi connectivity index (χ1) is 13.8. The second kappa shape index (κ2) is 11.0. The van der Waals surface area contributed by atoms with Gasteiger partial charge in [0.25, 0.3) is 0 Å². The molecule has 1 atom stereocenters. The predicted molar refractivity (Wildman–Crippen MR) is 127 cm³/mol. The van der Waals surface area contributed by atoms with Crippen LogP contribution in [0.2, 0.25) is 0 Å². The van der Waals surface area contributed by atoms with Crippen LogP contribution in [-0.4, -0.2) is 60.2 Å². The second-order valence-electron chi connectivity index (χ2n) is 7.74. The molecule has 2 aliphatic rings. The highest BCUT2D eigenvalue weighted by molar-refractivity contribution is 14.0. The average molecular weight is 509 g/mol. The van der Waals surface area contributed by atoms with Gasteiger partial charge in [-0.25, -0.2) is 0 Å². The third-order valence-corrected chi connectivity index (χ3v) is 5.84. The molecule has 6 nitrogen and oxygen atoms in total. The second-order valence-corrected chi connectivity index (χ2v) is 7.74. The quantitative estimate of drug-likeness (QED) is 0.380. The van der Waals surface area contributed by atoms with Crippen molar-refractivity contribution in [3.8, 4) is 0 Å². The predicted octanol–water partition coefficient (Wildman–Crippen LogP) is 3.50. The molecule has 0 saturated carbocycles. The number of guanidine groups is 1. The molecule has 4 rings (SSSR count). The fourth-order valence-corrected chi connectivity index (χ4v) is 4.33. The molecular formula is C22H32IN5O. The lowest BCUT2D eigenvalue weighted by Crippen LogP contribution is -2.52. The smallest absolute Gasteiger partial charge is 0.194 e. The molecule has 1 aliphatic carbocycles. The van der Waals surface area contributed by atoms with Gasteiger partial charge in [0.2, 0.25) is 0 Å². The van der Waals surface area contributed by atoms with Gasteiger partial charge < -0.3 is 14.7 Å². The maximum atomic E-state index is 5.05. The molecule has 1 aliphatic heterocycles. The van der Waals surface area contributed by atoms with Crippen LogP contribution < -0.4 is 5.32 Å². The molecule has 2 heterocycles. The van der Waals surface area contributed by atoms with Gasteiger partial charge in [0, 0.05) is 57.8 Å². The Balaban J connectivity index is 0.00000240. The maximum absolute atomic E-state index is 5.05. The summed E-state index contributed by atoms with van der Waals surface area (Å²) in [5.74, 6) is 1.61. The molecule has 1 aromatic heterocycles. The number of aromatic nitrogens is 1. The van der Waals surface area contributed by atoms with Gasteiger partial charge in [-0.15, -0.1) is 24.0 Å². The van der Waals surface area contributed by atoms with Gasteiger partial charge in [-0.1, -0.05) is 29.4 Å². The van der Waals surface area contributed by atoms with Crippen LogP contribution in [0.4, 0.5) is 0 Å². The SMILES string of the molecule is CCNC(=NCC1CCCc2ccccc21)N1CCN(Cc2ccon2)CC1.I. The van der Waals surface area contributed by atoms with Gasteiger partial charge >= 0.3 is 0 Å². The summed E-state index contributed by atoms with van der Waals surface area (Å²) in [5.41, 5.74) is 4.02. The van der Waals surface area contributed by atoms with Crippen molar-refractivity contribution in [1.82, 2.24) is 20.3 Å². The summed E-state index contributed by atoms with van der Waals surface area (Å²) in [6, 6.07) is 10.8. The summed E-state index contributed by atoms with van der Waals surface area (Å²) in [6.07, 6.45) is 5.37. The van der Waals surface area contributed by atoms with Crippen molar-refractivity contribution in [2.24, 2.45) is 4.99 Å². The molecule has 1 N–H and O–H groups in total. The molecule has 0 radical (unpaired) electrons. The number of halogens is 1. The van der Waals surface area contributed by atoms with E-state index in [2.05, 4.69) is 51.5 Å². The number of piperazine rings is 1. The highest BCUT2D eigenvalue weighted by atomic mass is 127. The van der Waals surface area contributed by atoms with E-state index in [-0.39, 0.29) is 24.0 Å².